The van der Waals surface area contributed by atoms with E-state index in [1.807, 2.05) is 0 Å². The molecule has 1 amide bonds. The number of amides is 1. The van der Waals surface area contributed by atoms with E-state index < -0.39 is 22.0 Å². The molecule has 5 N–H and O–H groups in total. The van der Waals surface area contributed by atoms with E-state index in [0.29, 0.717) is 11.3 Å². The van der Waals surface area contributed by atoms with E-state index in [2.05, 4.69) is 4.72 Å². The Morgan fingerprint density at radius 2 is 2.00 bits per heavy atom. The molecule has 0 aliphatic heterocycles. The van der Waals surface area contributed by atoms with Crippen molar-refractivity contribution in [3.05, 3.63) is 23.8 Å². The van der Waals surface area contributed by atoms with Crippen LogP contribution in [0.4, 0.5) is 5.69 Å². The fourth-order valence-corrected chi connectivity index (χ4v) is 2.75. The summed E-state index contributed by atoms with van der Waals surface area (Å²) in [5.74, 6) is -0.741. The van der Waals surface area contributed by atoms with Crippen LogP contribution in [0.1, 0.15) is 12.5 Å². The second-order valence-corrected chi connectivity index (χ2v) is 5.45. The number of carbonyl (C=O) groups is 1. The van der Waals surface area contributed by atoms with Gasteiger partial charge in [-0.05, 0) is 31.5 Å². The van der Waals surface area contributed by atoms with Crippen molar-refractivity contribution >= 4 is 21.6 Å². The second-order valence-electron chi connectivity index (χ2n) is 3.77. The Balaban J connectivity index is 3.13. The summed E-state index contributed by atoms with van der Waals surface area (Å²) in [5, 5.41) is 0. The maximum Gasteiger partial charge on any atom is 0.241 e. The van der Waals surface area contributed by atoms with Gasteiger partial charge in [0.25, 0.3) is 0 Å². The average molecular weight is 257 g/mol. The molecule has 7 heteroatoms. The zero-order chi connectivity index (χ0) is 13.2. The fourth-order valence-electron chi connectivity index (χ4n) is 1.26. The molecule has 0 saturated carbocycles. The number of sulfonamides is 1. The first kappa shape index (κ1) is 13.5. The number of carbonyl (C=O) groups excluding carboxylic acids is 1. The van der Waals surface area contributed by atoms with Crippen molar-refractivity contribution in [3.8, 4) is 0 Å². The van der Waals surface area contributed by atoms with Crippen LogP contribution < -0.4 is 16.2 Å². The Morgan fingerprint density at radius 3 is 2.53 bits per heavy atom. The zero-order valence-electron chi connectivity index (χ0n) is 9.60. The van der Waals surface area contributed by atoms with Crippen molar-refractivity contribution in [1.82, 2.24) is 4.72 Å². The van der Waals surface area contributed by atoms with Crippen LogP contribution in [-0.4, -0.2) is 20.4 Å². The number of aryl methyl sites for hydroxylation is 1. The van der Waals surface area contributed by atoms with Gasteiger partial charge in [0.15, 0.2) is 0 Å². The van der Waals surface area contributed by atoms with Gasteiger partial charge in [0.05, 0.1) is 10.9 Å². The standard InChI is InChI=1S/C10H15N3O3S/c1-6-3-4-8(11)5-9(6)17(15,16)13-7(2)10(12)14/h3-5,7,13H,11H2,1-2H3,(H2,12,14). The molecule has 1 rings (SSSR count). The molecule has 1 aromatic carbocycles. The van der Waals surface area contributed by atoms with E-state index in [1.54, 1.807) is 19.1 Å². The number of benzene rings is 1. The molecule has 0 saturated heterocycles. The van der Waals surface area contributed by atoms with Crippen molar-refractivity contribution in [1.29, 1.82) is 0 Å². The number of hydrogen-bond donors (Lipinski definition) is 3. The molecule has 0 bridgehead atoms. The Bertz CT molecular complexity index is 540. The number of rotatable bonds is 4. The van der Waals surface area contributed by atoms with E-state index in [0.717, 1.165) is 0 Å². The lowest BCUT2D eigenvalue weighted by Crippen LogP contribution is -2.42. The molecule has 0 aliphatic carbocycles. The molecule has 1 aromatic rings. The maximum atomic E-state index is 11.9. The molecule has 0 fully saturated rings. The SMILES string of the molecule is Cc1ccc(N)cc1S(=O)(=O)NC(C)C(N)=O. The highest BCUT2D eigenvalue weighted by Crippen LogP contribution is 2.18. The summed E-state index contributed by atoms with van der Waals surface area (Å²) < 4.78 is 26.1. The maximum absolute atomic E-state index is 11.9. The topological polar surface area (TPSA) is 115 Å². The normalized spacial score (nSPS) is 13.3. The first-order chi connectivity index (χ1) is 7.74. The van der Waals surface area contributed by atoms with E-state index >= 15 is 0 Å². The summed E-state index contributed by atoms with van der Waals surface area (Å²) in [7, 11) is -3.79. The molecule has 6 nitrogen and oxygen atoms in total. The highest BCUT2D eigenvalue weighted by molar-refractivity contribution is 7.89. The van der Waals surface area contributed by atoms with Crippen LogP contribution in [0, 0.1) is 6.92 Å². The number of nitrogens with two attached hydrogens (primary N) is 2. The highest BCUT2D eigenvalue weighted by Gasteiger charge is 2.22. The van der Waals surface area contributed by atoms with Gasteiger partial charge in [-0.1, -0.05) is 6.07 Å². The summed E-state index contributed by atoms with van der Waals surface area (Å²) in [4.78, 5) is 10.9. The molecule has 17 heavy (non-hydrogen) atoms. The minimum absolute atomic E-state index is 0.0469. The first-order valence-corrected chi connectivity index (χ1v) is 6.40. The Morgan fingerprint density at radius 1 is 1.41 bits per heavy atom. The molecule has 94 valence electrons. The molecule has 0 heterocycles. The predicted molar refractivity (Wildman–Crippen MR) is 64.6 cm³/mol. The van der Waals surface area contributed by atoms with Gasteiger partial charge in [0.2, 0.25) is 15.9 Å². The largest absolute Gasteiger partial charge is 0.399 e. The summed E-state index contributed by atoms with van der Waals surface area (Å²) >= 11 is 0. The van der Waals surface area contributed by atoms with Crippen molar-refractivity contribution < 1.29 is 13.2 Å². The molecule has 0 aliphatic rings. The number of anilines is 1. The van der Waals surface area contributed by atoms with Gasteiger partial charge in [-0.25, -0.2) is 8.42 Å². The van der Waals surface area contributed by atoms with Crippen LogP contribution in [-0.2, 0) is 14.8 Å². The Labute approximate surface area is 100 Å². The van der Waals surface area contributed by atoms with Crippen LogP contribution >= 0.6 is 0 Å². The van der Waals surface area contributed by atoms with Crippen molar-refractivity contribution in [3.63, 3.8) is 0 Å². The van der Waals surface area contributed by atoms with E-state index in [9.17, 15) is 13.2 Å². The Hall–Kier alpha value is -1.60. The molecule has 0 radical (unpaired) electrons. The molecule has 1 unspecified atom stereocenters. The molecule has 0 spiro atoms. The van der Waals surface area contributed by atoms with Crippen LogP contribution in [0.25, 0.3) is 0 Å². The van der Waals surface area contributed by atoms with Crippen molar-refractivity contribution in [2.75, 3.05) is 5.73 Å². The minimum Gasteiger partial charge on any atom is -0.399 e. The number of primary amides is 1. The molecular formula is C10H15N3O3S. The van der Waals surface area contributed by atoms with Crippen molar-refractivity contribution in [2.24, 2.45) is 5.73 Å². The van der Waals surface area contributed by atoms with Crippen LogP contribution in [0.15, 0.2) is 23.1 Å². The third-order valence-electron chi connectivity index (χ3n) is 2.26. The quantitative estimate of drug-likeness (QED) is 0.644. The third kappa shape index (κ3) is 3.18. The van der Waals surface area contributed by atoms with Crippen LogP contribution in [0.2, 0.25) is 0 Å². The van der Waals surface area contributed by atoms with Gasteiger partial charge in [0.1, 0.15) is 0 Å². The molecule has 1 atom stereocenters. The van der Waals surface area contributed by atoms with E-state index in [-0.39, 0.29) is 4.90 Å². The van der Waals surface area contributed by atoms with Gasteiger partial charge in [-0.2, -0.15) is 4.72 Å². The minimum atomic E-state index is -3.79. The van der Waals surface area contributed by atoms with Gasteiger partial charge in [0, 0.05) is 5.69 Å². The third-order valence-corrected chi connectivity index (χ3v) is 3.94. The first-order valence-electron chi connectivity index (χ1n) is 4.92. The zero-order valence-corrected chi connectivity index (χ0v) is 10.4. The lowest BCUT2D eigenvalue weighted by Gasteiger charge is -2.13. The second kappa shape index (κ2) is 4.72. The fraction of sp³-hybridized carbons (Fsp3) is 0.300. The smallest absolute Gasteiger partial charge is 0.241 e. The molecule has 0 aromatic heterocycles. The summed E-state index contributed by atoms with van der Waals surface area (Å²) in [6.45, 7) is 3.02. The van der Waals surface area contributed by atoms with Gasteiger partial charge < -0.3 is 11.5 Å². The van der Waals surface area contributed by atoms with Crippen molar-refractivity contribution in [2.45, 2.75) is 24.8 Å². The van der Waals surface area contributed by atoms with Gasteiger partial charge >= 0.3 is 0 Å². The number of nitrogens with one attached hydrogen (secondary N) is 1. The summed E-state index contributed by atoms with van der Waals surface area (Å²) in [6.07, 6.45) is 0. The Kier molecular flexibility index (Phi) is 3.74. The van der Waals surface area contributed by atoms with Crippen LogP contribution in [0.3, 0.4) is 0 Å². The average Bonchev–Trinajstić information content (AvgIpc) is 2.20. The van der Waals surface area contributed by atoms with Crippen LogP contribution in [0.5, 0.6) is 0 Å². The van der Waals surface area contributed by atoms with E-state index in [1.165, 1.54) is 13.0 Å². The number of nitrogen functional groups attached to an aromatic ring is 1. The monoisotopic (exact) mass is 257 g/mol. The summed E-state index contributed by atoms with van der Waals surface area (Å²) in [6, 6.07) is 3.57. The predicted octanol–water partition coefficient (Wildman–Crippen LogP) is -0.271. The lowest BCUT2D eigenvalue weighted by molar-refractivity contribution is -0.119. The van der Waals surface area contributed by atoms with Gasteiger partial charge in [-0.3, -0.25) is 4.79 Å². The summed E-state index contributed by atoms with van der Waals surface area (Å²) in [5.41, 5.74) is 11.4. The lowest BCUT2D eigenvalue weighted by atomic mass is 10.2. The number of hydrogen-bond acceptors (Lipinski definition) is 4. The molecular weight excluding hydrogens is 242 g/mol. The van der Waals surface area contributed by atoms with Gasteiger partial charge in [-0.15, -0.1) is 0 Å². The van der Waals surface area contributed by atoms with E-state index in [4.69, 9.17) is 11.5 Å². The highest BCUT2D eigenvalue weighted by atomic mass is 32.2.